The van der Waals surface area contributed by atoms with Gasteiger partial charge in [-0.25, -0.2) is 16.8 Å². The molecule has 4 rings (SSSR count). The van der Waals surface area contributed by atoms with Gasteiger partial charge >= 0.3 is 0 Å². The van der Waals surface area contributed by atoms with Crippen molar-refractivity contribution in [3.63, 3.8) is 0 Å². The van der Waals surface area contributed by atoms with Crippen LogP contribution in [0.15, 0.2) is 82.6 Å². The van der Waals surface area contributed by atoms with Gasteiger partial charge in [0.2, 0.25) is 10.0 Å². The van der Waals surface area contributed by atoms with Crippen molar-refractivity contribution in [2.75, 3.05) is 23.1 Å². The second-order valence-electron chi connectivity index (χ2n) is 7.71. The molecule has 34 heavy (non-hydrogen) atoms. The highest BCUT2D eigenvalue weighted by Gasteiger charge is 2.27. The Morgan fingerprint density at radius 2 is 1.47 bits per heavy atom. The maximum Gasteiger partial charge on any atom is 0.263 e. The van der Waals surface area contributed by atoms with Crippen LogP contribution in [0.4, 0.5) is 11.4 Å². The van der Waals surface area contributed by atoms with Gasteiger partial charge in [-0.3, -0.25) is 9.52 Å². The molecule has 3 aromatic rings. The Kier molecular flexibility index (Phi) is 6.94. The Labute approximate surface area is 203 Å². The van der Waals surface area contributed by atoms with Crippen LogP contribution in [-0.2, 0) is 20.0 Å². The zero-order valence-electron chi connectivity index (χ0n) is 17.9. The highest BCUT2D eigenvalue weighted by molar-refractivity contribution is 7.92. The van der Waals surface area contributed by atoms with Gasteiger partial charge in [-0.2, -0.15) is 4.31 Å². The van der Waals surface area contributed by atoms with Crippen molar-refractivity contribution in [2.24, 2.45) is 0 Å². The predicted molar refractivity (Wildman–Crippen MR) is 131 cm³/mol. The molecule has 0 radical (unpaired) electrons. The Morgan fingerprint density at radius 1 is 0.824 bits per heavy atom. The molecule has 1 saturated heterocycles. The van der Waals surface area contributed by atoms with Crippen LogP contribution >= 0.6 is 11.6 Å². The van der Waals surface area contributed by atoms with Gasteiger partial charge in [-0.1, -0.05) is 29.8 Å². The lowest BCUT2D eigenvalue weighted by Gasteiger charge is -2.15. The van der Waals surface area contributed by atoms with Crippen LogP contribution in [0.3, 0.4) is 0 Å². The average molecular weight is 520 g/mol. The number of hydrogen-bond acceptors (Lipinski definition) is 5. The third kappa shape index (κ3) is 5.25. The topological polar surface area (TPSA) is 113 Å². The Morgan fingerprint density at radius 3 is 2.12 bits per heavy atom. The molecule has 0 saturated carbocycles. The number of benzene rings is 3. The minimum absolute atomic E-state index is 0.0311. The Bertz CT molecular complexity index is 1400. The zero-order valence-corrected chi connectivity index (χ0v) is 20.3. The van der Waals surface area contributed by atoms with E-state index in [-0.39, 0.29) is 20.4 Å². The first kappa shape index (κ1) is 24.2. The molecule has 178 valence electrons. The molecule has 0 bridgehead atoms. The summed E-state index contributed by atoms with van der Waals surface area (Å²) in [5.74, 6) is -0.567. The number of hydrogen-bond donors (Lipinski definition) is 2. The lowest BCUT2D eigenvalue weighted by atomic mass is 10.2. The molecule has 8 nitrogen and oxygen atoms in total. The van der Waals surface area contributed by atoms with Gasteiger partial charge in [-0.05, 0) is 67.4 Å². The molecule has 0 unspecified atom stereocenters. The van der Waals surface area contributed by atoms with Crippen molar-refractivity contribution in [1.29, 1.82) is 0 Å². The summed E-state index contributed by atoms with van der Waals surface area (Å²) in [6.45, 7) is 1.00. The molecule has 1 aliphatic rings. The van der Waals surface area contributed by atoms with Gasteiger partial charge in [0, 0.05) is 30.0 Å². The van der Waals surface area contributed by atoms with Crippen molar-refractivity contribution >= 4 is 48.9 Å². The number of anilines is 2. The molecular formula is C23H22ClN3O5S2. The van der Waals surface area contributed by atoms with Gasteiger partial charge in [0.15, 0.2) is 0 Å². The van der Waals surface area contributed by atoms with E-state index in [0.717, 1.165) is 12.8 Å². The van der Waals surface area contributed by atoms with Crippen molar-refractivity contribution < 1.29 is 21.6 Å². The number of rotatable bonds is 7. The number of nitrogens with zero attached hydrogens (tertiary/aromatic N) is 1. The van der Waals surface area contributed by atoms with Crippen LogP contribution in [0.5, 0.6) is 0 Å². The van der Waals surface area contributed by atoms with Crippen LogP contribution in [0.1, 0.15) is 23.2 Å². The third-order valence-corrected chi connectivity index (χ3v) is 9.10. The van der Waals surface area contributed by atoms with E-state index in [1.165, 1.54) is 46.8 Å². The molecule has 11 heteroatoms. The number of nitrogens with one attached hydrogen (secondary N) is 2. The second kappa shape index (κ2) is 9.75. The second-order valence-corrected chi connectivity index (χ2v) is 11.7. The normalized spacial score (nSPS) is 14.6. The quantitative estimate of drug-likeness (QED) is 0.486. The number of amides is 1. The lowest BCUT2D eigenvalue weighted by Crippen LogP contribution is -2.27. The third-order valence-electron chi connectivity index (χ3n) is 5.32. The SMILES string of the molecule is O=C(Nc1ccc(S(=O)(=O)N2CCCC2)cc1)c1ccc(Cl)c(S(=O)(=O)Nc2ccccc2)c1. The fourth-order valence-corrected chi connectivity index (χ4v) is 6.66. The molecule has 1 aliphatic heterocycles. The largest absolute Gasteiger partial charge is 0.322 e. The molecule has 2 N–H and O–H groups in total. The first-order valence-electron chi connectivity index (χ1n) is 10.5. The van der Waals surface area contributed by atoms with Crippen LogP contribution in [0, 0.1) is 0 Å². The molecule has 1 heterocycles. The van der Waals surface area contributed by atoms with Gasteiger partial charge in [-0.15, -0.1) is 0 Å². The van der Waals surface area contributed by atoms with Crippen molar-refractivity contribution in [3.8, 4) is 0 Å². The molecule has 1 fully saturated rings. The van der Waals surface area contributed by atoms with E-state index in [2.05, 4.69) is 10.0 Å². The van der Waals surface area contributed by atoms with Crippen LogP contribution < -0.4 is 10.0 Å². The van der Waals surface area contributed by atoms with E-state index < -0.39 is 26.0 Å². The summed E-state index contributed by atoms with van der Waals surface area (Å²) in [6.07, 6.45) is 1.68. The monoisotopic (exact) mass is 519 g/mol. The molecule has 0 aliphatic carbocycles. The van der Waals surface area contributed by atoms with E-state index in [4.69, 9.17) is 11.6 Å². The molecule has 0 spiro atoms. The summed E-state index contributed by atoms with van der Waals surface area (Å²) in [7, 11) is -7.59. The summed E-state index contributed by atoms with van der Waals surface area (Å²) in [4.78, 5) is 12.7. The summed E-state index contributed by atoms with van der Waals surface area (Å²) in [6, 6.07) is 18.1. The van der Waals surface area contributed by atoms with Gasteiger partial charge < -0.3 is 5.32 Å². The van der Waals surface area contributed by atoms with Crippen molar-refractivity contribution in [2.45, 2.75) is 22.6 Å². The van der Waals surface area contributed by atoms with Crippen LogP contribution in [0.2, 0.25) is 5.02 Å². The smallest absolute Gasteiger partial charge is 0.263 e. The van der Waals surface area contributed by atoms with Gasteiger partial charge in [0.05, 0.1) is 9.92 Å². The first-order valence-corrected chi connectivity index (χ1v) is 13.8. The van der Waals surface area contributed by atoms with Crippen molar-refractivity contribution in [3.05, 3.63) is 83.4 Å². The fourth-order valence-electron chi connectivity index (χ4n) is 3.56. The zero-order chi connectivity index (χ0) is 24.3. The maximum absolute atomic E-state index is 12.8. The molecule has 3 aromatic carbocycles. The average Bonchev–Trinajstić information content (AvgIpc) is 3.36. The van der Waals surface area contributed by atoms with E-state index in [9.17, 15) is 21.6 Å². The number of sulfonamides is 2. The van der Waals surface area contributed by atoms with Gasteiger partial charge in [0.25, 0.3) is 15.9 Å². The highest BCUT2D eigenvalue weighted by Crippen LogP contribution is 2.26. The summed E-state index contributed by atoms with van der Waals surface area (Å²) < 4.78 is 54.8. The summed E-state index contributed by atoms with van der Waals surface area (Å²) in [5, 5.41) is 2.62. The molecule has 1 amide bonds. The number of para-hydroxylation sites is 1. The number of halogens is 1. The summed E-state index contributed by atoms with van der Waals surface area (Å²) >= 11 is 6.11. The first-order chi connectivity index (χ1) is 16.2. The van der Waals surface area contributed by atoms with Gasteiger partial charge in [0.1, 0.15) is 4.90 Å². The molecular weight excluding hydrogens is 498 g/mol. The van der Waals surface area contributed by atoms with E-state index >= 15 is 0 Å². The van der Waals surface area contributed by atoms with E-state index in [1.54, 1.807) is 30.3 Å². The van der Waals surface area contributed by atoms with Crippen LogP contribution in [-0.4, -0.2) is 40.1 Å². The minimum atomic E-state index is -4.04. The Hall–Kier alpha value is -2.92. The maximum atomic E-state index is 12.8. The summed E-state index contributed by atoms with van der Waals surface area (Å²) in [5.41, 5.74) is 0.802. The lowest BCUT2D eigenvalue weighted by molar-refractivity contribution is 0.102. The standard InChI is InChI=1S/C23H22ClN3O5S2/c24-21-13-8-17(16-22(21)33(29,30)26-19-6-2-1-3-7-19)23(28)25-18-9-11-20(12-10-18)34(31,32)27-14-4-5-15-27/h1-3,6-13,16,26H,4-5,14-15H2,(H,25,28). The molecule has 0 atom stereocenters. The highest BCUT2D eigenvalue weighted by atomic mass is 35.5. The van der Waals surface area contributed by atoms with E-state index in [0.29, 0.717) is 24.5 Å². The number of carbonyl (C=O) groups is 1. The molecule has 0 aromatic heterocycles. The Balaban J connectivity index is 1.51. The van der Waals surface area contributed by atoms with Crippen LogP contribution in [0.25, 0.3) is 0 Å². The fraction of sp³-hybridized carbons (Fsp3) is 0.174. The minimum Gasteiger partial charge on any atom is -0.322 e. The number of carbonyl (C=O) groups excluding carboxylic acids is 1. The van der Waals surface area contributed by atoms with E-state index in [1.807, 2.05) is 0 Å². The van der Waals surface area contributed by atoms with Crippen molar-refractivity contribution in [1.82, 2.24) is 4.31 Å². The predicted octanol–water partition coefficient (Wildman–Crippen LogP) is 4.18.